The van der Waals surface area contributed by atoms with Crippen LogP contribution < -0.4 is 4.74 Å². The number of nitrogens with zero attached hydrogens (tertiary/aromatic N) is 1. The lowest BCUT2D eigenvalue weighted by molar-refractivity contribution is -0.0882. The molecule has 1 aromatic carbocycles. The second kappa shape index (κ2) is 8.98. The van der Waals surface area contributed by atoms with Crippen LogP contribution in [-0.2, 0) is 0 Å². The number of aliphatic imine (C=N–C) groups is 1. The highest BCUT2D eigenvalue weighted by molar-refractivity contribution is 5.73. The number of allylic oxidation sites excluding steroid dienone is 4. The minimum atomic E-state index is -4.34. The van der Waals surface area contributed by atoms with Crippen LogP contribution in [0.3, 0.4) is 0 Å². The molecule has 5 heteroatoms. The summed E-state index contributed by atoms with van der Waals surface area (Å²) < 4.78 is 42.8. The van der Waals surface area contributed by atoms with Crippen LogP contribution in [0.4, 0.5) is 13.2 Å². The fraction of sp³-hybridized carbons (Fsp3) is 0.278. The van der Waals surface area contributed by atoms with Crippen LogP contribution in [-0.4, -0.2) is 18.5 Å². The second-order valence-corrected chi connectivity index (χ2v) is 4.95. The molecule has 0 atom stereocenters. The number of ether oxygens (including phenoxy) is 1. The van der Waals surface area contributed by atoms with Gasteiger partial charge in [0.05, 0.1) is 11.7 Å². The zero-order chi connectivity index (χ0) is 17.3. The van der Waals surface area contributed by atoms with E-state index < -0.39 is 11.7 Å². The van der Waals surface area contributed by atoms with E-state index in [1.54, 1.807) is 6.08 Å². The van der Waals surface area contributed by atoms with Gasteiger partial charge in [0.1, 0.15) is 5.75 Å². The first-order valence-corrected chi connectivity index (χ1v) is 7.19. The molecule has 1 aromatic rings. The fourth-order valence-corrected chi connectivity index (χ4v) is 1.66. The van der Waals surface area contributed by atoms with Crippen molar-refractivity contribution in [2.24, 2.45) is 4.99 Å². The molecular weight excluding hydrogens is 303 g/mol. The van der Waals surface area contributed by atoms with Gasteiger partial charge in [-0.2, -0.15) is 13.2 Å². The molecule has 0 bridgehead atoms. The quantitative estimate of drug-likeness (QED) is 0.494. The number of hydrogen-bond donors (Lipinski definition) is 0. The fourth-order valence-electron chi connectivity index (χ4n) is 1.66. The van der Waals surface area contributed by atoms with Gasteiger partial charge >= 0.3 is 6.18 Å². The van der Waals surface area contributed by atoms with Crippen LogP contribution in [0, 0.1) is 0 Å². The molecule has 0 aliphatic carbocycles. The Morgan fingerprint density at radius 1 is 1.17 bits per heavy atom. The Bertz CT molecular complexity index is 594. The predicted octanol–water partition coefficient (Wildman–Crippen LogP) is 5.58. The Hall–Kier alpha value is -2.30. The van der Waals surface area contributed by atoms with Crippen molar-refractivity contribution >= 4 is 12.3 Å². The molecule has 0 N–H and O–H groups in total. The number of alkyl halides is 3. The van der Waals surface area contributed by atoms with Crippen LogP contribution in [0.1, 0.15) is 26.3 Å². The first-order chi connectivity index (χ1) is 10.8. The van der Waals surface area contributed by atoms with Gasteiger partial charge in [-0.1, -0.05) is 18.2 Å². The Kier molecular flexibility index (Phi) is 7.32. The number of rotatable bonds is 6. The first-order valence-electron chi connectivity index (χ1n) is 7.19. The molecule has 2 nitrogen and oxygen atoms in total. The third-order valence-corrected chi connectivity index (χ3v) is 2.69. The van der Waals surface area contributed by atoms with Crippen molar-refractivity contribution in [1.82, 2.24) is 0 Å². The third kappa shape index (κ3) is 7.49. The summed E-state index contributed by atoms with van der Waals surface area (Å²) in [5.74, 6) is 0.787. The zero-order valence-corrected chi connectivity index (χ0v) is 13.3. The first kappa shape index (κ1) is 18.7. The minimum Gasteiger partial charge on any atom is -0.491 e. The Morgan fingerprint density at radius 3 is 2.35 bits per heavy atom. The Labute approximate surface area is 134 Å². The van der Waals surface area contributed by atoms with E-state index in [1.807, 2.05) is 38.1 Å². The maximum absolute atomic E-state index is 12.4. The van der Waals surface area contributed by atoms with Gasteiger partial charge in [0.2, 0.25) is 0 Å². The highest BCUT2D eigenvalue weighted by atomic mass is 19.4. The molecule has 0 radical (unpaired) electrons. The average Bonchev–Trinajstić information content (AvgIpc) is 2.46. The second-order valence-electron chi connectivity index (χ2n) is 4.95. The van der Waals surface area contributed by atoms with Gasteiger partial charge in [0.25, 0.3) is 0 Å². The Balaban J connectivity index is 2.56. The molecule has 23 heavy (non-hydrogen) atoms. The van der Waals surface area contributed by atoms with Crippen molar-refractivity contribution in [3.63, 3.8) is 0 Å². The Morgan fingerprint density at radius 2 is 1.83 bits per heavy atom. The summed E-state index contributed by atoms with van der Waals surface area (Å²) in [4.78, 5) is 3.91. The summed E-state index contributed by atoms with van der Waals surface area (Å²) in [5.41, 5.74) is 0.223. The van der Waals surface area contributed by atoms with Gasteiger partial charge in [-0.3, -0.25) is 4.99 Å². The lowest BCUT2D eigenvalue weighted by Crippen LogP contribution is -2.09. The minimum absolute atomic E-state index is 0.117. The molecule has 0 aromatic heterocycles. The largest absolute Gasteiger partial charge is 0.491 e. The maximum atomic E-state index is 12.4. The van der Waals surface area contributed by atoms with Crippen molar-refractivity contribution in [3.05, 3.63) is 59.8 Å². The monoisotopic (exact) mass is 323 g/mol. The van der Waals surface area contributed by atoms with Crippen LogP contribution in [0.25, 0.3) is 6.08 Å². The number of halogens is 3. The van der Waals surface area contributed by atoms with E-state index in [0.29, 0.717) is 0 Å². The van der Waals surface area contributed by atoms with E-state index in [9.17, 15) is 13.2 Å². The van der Waals surface area contributed by atoms with Crippen LogP contribution >= 0.6 is 0 Å². The van der Waals surface area contributed by atoms with E-state index in [2.05, 4.69) is 4.99 Å². The molecule has 0 spiro atoms. The number of benzene rings is 1. The molecule has 0 saturated heterocycles. The standard InChI is InChI=1S/C18H20F3NO/c1-4-16(18(19,20)21)6-5-12-22-13-11-15-7-9-17(10-8-15)23-14(2)3/h4-14H,1-3H3/b6-5-,13-11+,16-4+,22-12+. The van der Waals surface area contributed by atoms with E-state index in [-0.39, 0.29) is 6.10 Å². The summed E-state index contributed by atoms with van der Waals surface area (Å²) in [5, 5.41) is 0. The van der Waals surface area contributed by atoms with Crippen LogP contribution in [0.2, 0.25) is 0 Å². The van der Waals surface area contributed by atoms with Gasteiger partial charge in [-0.05, 0) is 56.7 Å². The summed E-state index contributed by atoms with van der Waals surface area (Å²) >= 11 is 0. The predicted molar refractivity (Wildman–Crippen MR) is 88.7 cm³/mol. The van der Waals surface area contributed by atoms with Gasteiger partial charge < -0.3 is 4.74 Å². The molecule has 0 fully saturated rings. The topological polar surface area (TPSA) is 21.6 Å². The van der Waals surface area contributed by atoms with Crippen LogP contribution in [0.15, 0.2) is 59.3 Å². The molecule has 1 rings (SSSR count). The lowest BCUT2D eigenvalue weighted by Gasteiger charge is -2.09. The normalized spacial score (nSPS) is 13.8. The smallest absolute Gasteiger partial charge is 0.416 e. The van der Waals surface area contributed by atoms with Gasteiger partial charge in [-0.25, -0.2) is 0 Å². The maximum Gasteiger partial charge on any atom is 0.416 e. The third-order valence-electron chi connectivity index (χ3n) is 2.69. The van der Waals surface area contributed by atoms with E-state index in [0.717, 1.165) is 23.5 Å². The summed E-state index contributed by atoms with van der Waals surface area (Å²) in [6.07, 6.45) is 3.61. The summed E-state index contributed by atoms with van der Waals surface area (Å²) in [6, 6.07) is 7.46. The van der Waals surface area contributed by atoms with Crippen molar-refractivity contribution in [1.29, 1.82) is 0 Å². The van der Waals surface area contributed by atoms with E-state index in [1.165, 1.54) is 25.4 Å². The van der Waals surface area contributed by atoms with Crippen molar-refractivity contribution in [3.8, 4) is 5.75 Å². The highest BCUT2D eigenvalue weighted by Gasteiger charge is 2.30. The van der Waals surface area contributed by atoms with Crippen molar-refractivity contribution in [2.45, 2.75) is 33.1 Å². The van der Waals surface area contributed by atoms with Crippen molar-refractivity contribution in [2.75, 3.05) is 0 Å². The molecule has 124 valence electrons. The number of hydrogen-bond acceptors (Lipinski definition) is 2. The molecule has 0 unspecified atom stereocenters. The van der Waals surface area contributed by atoms with Crippen LogP contribution in [0.5, 0.6) is 5.75 Å². The SMILES string of the molecule is C\C=C(/C=C\C=N\C=C\c1ccc(OC(C)C)cc1)C(F)(F)F. The molecule has 0 amide bonds. The molecule has 0 heterocycles. The zero-order valence-electron chi connectivity index (χ0n) is 13.3. The lowest BCUT2D eigenvalue weighted by atomic mass is 10.2. The molecular formula is C18H20F3NO. The summed E-state index contributed by atoms with van der Waals surface area (Å²) in [7, 11) is 0. The molecule has 0 aliphatic heterocycles. The molecule has 0 saturated carbocycles. The molecule has 0 aliphatic rings. The van der Waals surface area contributed by atoms with E-state index >= 15 is 0 Å². The average molecular weight is 323 g/mol. The van der Waals surface area contributed by atoms with Gasteiger partial charge in [-0.15, -0.1) is 0 Å². The highest BCUT2D eigenvalue weighted by Crippen LogP contribution is 2.26. The van der Waals surface area contributed by atoms with Crippen molar-refractivity contribution < 1.29 is 17.9 Å². The van der Waals surface area contributed by atoms with E-state index in [4.69, 9.17) is 4.74 Å². The summed E-state index contributed by atoms with van der Waals surface area (Å²) in [6.45, 7) is 5.25. The van der Waals surface area contributed by atoms with Gasteiger partial charge in [0, 0.05) is 12.4 Å². The van der Waals surface area contributed by atoms with Gasteiger partial charge in [0.15, 0.2) is 0 Å².